The van der Waals surface area contributed by atoms with Crippen molar-refractivity contribution < 1.29 is 29.7 Å². The van der Waals surface area contributed by atoms with Gasteiger partial charge in [0.2, 0.25) is 0 Å². The number of carboxylic acids is 3. The number of benzene rings is 3. The van der Waals surface area contributed by atoms with E-state index >= 15 is 0 Å². The van der Waals surface area contributed by atoms with Crippen LogP contribution in [0.3, 0.4) is 0 Å². The Morgan fingerprint density at radius 2 is 1.37 bits per heavy atom. The molecule has 0 aliphatic carbocycles. The maximum absolute atomic E-state index is 11.0. The molecule has 10 heteroatoms. The summed E-state index contributed by atoms with van der Waals surface area (Å²) in [6.07, 6.45) is 1.89. The van der Waals surface area contributed by atoms with E-state index in [1.165, 1.54) is 5.39 Å². The van der Waals surface area contributed by atoms with Crippen molar-refractivity contribution in [3.63, 3.8) is 0 Å². The molecule has 1 heterocycles. The molecule has 0 amide bonds. The standard InChI is InChI=1S/C14H15NO2.C11H15NO2.C8H11NO2S/c15-13(9-14(16)17)8-10-5-6-11-3-1-2-4-12(11)7-10;1-2-9(11(13)14)10-6-4-3-5-8(10)7-12;9-6(5-8(10)11)4-7-2-1-3-12-7/h1-7,13H,8-9,15H2,(H,16,17);3-6,9H,2,7,12H2,1H3,(H,13,14);1-3,6H,4-5,9H2,(H,10,11). The molecule has 0 bridgehead atoms. The van der Waals surface area contributed by atoms with E-state index in [2.05, 4.69) is 12.1 Å². The number of hydrogen-bond donors (Lipinski definition) is 6. The van der Waals surface area contributed by atoms with Crippen LogP contribution < -0.4 is 17.2 Å². The molecule has 3 unspecified atom stereocenters. The van der Waals surface area contributed by atoms with Gasteiger partial charge in [0, 0.05) is 23.5 Å². The zero-order valence-electron chi connectivity index (χ0n) is 24.3. The Morgan fingerprint density at radius 3 is 1.93 bits per heavy atom. The molecule has 0 aliphatic heterocycles. The zero-order chi connectivity index (χ0) is 31.8. The topological polar surface area (TPSA) is 190 Å². The molecule has 0 spiro atoms. The van der Waals surface area contributed by atoms with Crippen molar-refractivity contribution >= 4 is 40.0 Å². The number of fused-ring (bicyclic) bond motifs is 1. The molecule has 4 aromatic rings. The average molecular weight is 608 g/mol. The predicted octanol–water partition coefficient (Wildman–Crippen LogP) is 5.00. The summed E-state index contributed by atoms with van der Waals surface area (Å²) in [7, 11) is 0. The highest BCUT2D eigenvalue weighted by Gasteiger charge is 2.19. The summed E-state index contributed by atoms with van der Waals surface area (Å²) in [5.41, 5.74) is 19.7. The van der Waals surface area contributed by atoms with Gasteiger partial charge in [-0.3, -0.25) is 14.4 Å². The number of aliphatic carboxylic acids is 3. The molecule has 43 heavy (non-hydrogen) atoms. The van der Waals surface area contributed by atoms with Gasteiger partial charge in [0.1, 0.15) is 0 Å². The first kappa shape index (κ1) is 35.1. The molecule has 0 saturated carbocycles. The molecule has 230 valence electrons. The quantitative estimate of drug-likeness (QED) is 0.129. The van der Waals surface area contributed by atoms with Gasteiger partial charge in [0.15, 0.2) is 0 Å². The van der Waals surface area contributed by atoms with Crippen molar-refractivity contribution in [3.05, 3.63) is 106 Å². The predicted molar refractivity (Wildman–Crippen MR) is 171 cm³/mol. The van der Waals surface area contributed by atoms with E-state index < -0.39 is 23.8 Å². The van der Waals surface area contributed by atoms with Crippen LogP contribution in [0.2, 0.25) is 0 Å². The Hall–Kier alpha value is -4.09. The summed E-state index contributed by atoms with van der Waals surface area (Å²) in [6.45, 7) is 2.26. The molecule has 3 atom stereocenters. The lowest BCUT2D eigenvalue weighted by atomic mass is 9.92. The number of carbonyl (C=O) groups is 3. The van der Waals surface area contributed by atoms with Crippen molar-refractivity contribution in [1.29, 1.82) is 0 Å². The number of carboxylic acid groups (broad SMARTS) is 3. The molecular formula is C33H41N3O6S. The highest BCUT2D eigenvalue weighted by atomic mass is 32.1. The van der Waals surface area contributed by atoms with Crippen LogP contribution >= 0.6 is 11.3 Å². The number of thiophene rings is 1. The first-order valence-electron chi connectivity index (χ1n) is 14.0. The number of hydrogen-bond acceptors (Lipinski definition) is 7. The normalized spacial score (nSPS) is 12.6. The van der Waals surface area contributed by atoms with Gasteiger partial charge in [0.05, 0.1) is 18.8 Å². The largest absolute Gasteiger partial charge is 0.481 e. The third kappa shape index (κ3) is 12.8. The molecule has 3 aromatic carbocycles. The lowest BCUT2D eigenvalue weighted by Gasteiger charge is -2.13. The van der Waals surface area contributed by atoms with Gasteiger partial charge in [-0.1, -0.05) is 79.7 Å². The summed E-state index contributed by atoms with van der Waals surface area (Å²) in [4.78, 5) is 32.9. The summed E-state index contributed by atoms with van der Waals surface area (Å²) >= 11 is 1.61. The molecule has 0 radical (unpaired) electrons. The van der Waals surface area contributed by atoms with E-state index in [9.17, 15) is 14.4 Å². The van der Waals surface area contributed by atoms with Crippen LogP contribution in [-0.2, 0) is 33.8 Å². The maximum atomic E-state index is 11.0. The highest BCUT2D eigenvalue weighted by molar-refractivity contribution is 7.09. The van der Waals surface area contributed by atoms with Gasteiger partial charge < -0.3 is 32.5 Å². The fraction of sp³-hybridized carbons (Fsp3) is 0.303. The van der Waals surface area contributed by atoms with E-state index in [0.29, 0.717) is 25.8 Å². The Bertz CT molecular complexity index is 1440. The van der Waals surface area contributed by atoms with Crippen molar-refractivity contribution in [1.82, 2.24) is 0 Å². The highest BCUT2D eigenvalue weighted by Crippen LogP contribution is 2.23. The fourth-order valence-corrected chi connectivity index (χ4v) is 5.34. The zero-order valence-corrected chi connectivity index (χ0v) is 25.1. The summed E-state index contributed by atoms with van der Waals surface area (Å²) in [5.74, 6) is -2.90. The summed E-state index contributed by atoms with van der Waals surface area (Å²) < 4.78 is 0. The maximum Gasteiger partial charge on any atom is 0.310 e. The van der Waals surface area contributed by atoms with Gasteiger partial charge >= 0.3 is 17.9 Å². The molecule has 0 saturated heterocycles. The van der Waals surface area contributed by atoms with Crippen LogP contribution in [0.5, 0.6) is 0 Å². The molecule has 9 nitrogen and oxygen atoms in total. The molecule has 0 aliphatic rings. The van der Waals surface area contributed by atoms with Crippen LogP contribution in [0.15, 0.2) is 84.2 Å². The van der Waals surface area contributed by atoms with Crippen LogP contribution in [0.4, 0.5) is 0 Å². The summed E-state index contributed by atoms with van der Waals surface area (Å²) in [5, 5.41) is 30.4. The number of nitrogens with two attached hydrogens (primary N) is 3. The van der Waals surface area contributed by atoms with Gasteiger partial charge in [-0.25, -0.2) is 0 Å². The van der Waals surface area contributed by atoms with Crippen molar-refractivity contribution in [2.45, 2.75) is 63.6 Å². The average Bonchev–Trinajstić information content (AvgIpc) is 3.46. The third-order valence-electron chi connectivity index (χ3n) is 6.59. The molecule has 4 rings (SSSR count). The van der Waals surface area contributed by atoms with Crippen LogP contribution in [0, 0.1) is 0 Å². The van der Waals surface area contributed by atoms with E-state index in [1.54, 1.807) is 11.3 Å². The van der Waals surface area contributed by atoms with E-state index in [-0.39, 0.29) is 24.9 Å². The minimum absolute atomic E-state index is 0.00677. The Kier molecular flexibility index (Phi) is 15.1. The minimum atomic E-state index is -0.849. The van der Waals surface area contributed by atoms with Gasteiger partial charge in [-0.05, 0) is 58.2 Å². The SMILES string of the molecule is CCC(C(=O)O)c1ccccc1CN.NC(CC(=O)O)Cc1ccc2ccccc2c1.NC(CC(=O)O)Cc1cccs1. The Morgan fingerprint density at radius 1 is 0.767 bits per heavy atom. The van der Waals surface area contributed by atoms with Crippen molar-refractivity contribution in [2.75, 3.05) is 0 Å². The van der Waals surface area contributed by atoms with Gasteiger partial charge in [-0.15, -0.1) is 11.3 Å². The van der Waals surface area contributed by atoms with Crippen LogP contribution in [-0.4, -0.2) is 45.3 Å². The van der Waals surface area contributed by atoms with E-state index in [4.69, 9.17) is 32.5 Å². The fourth-order valence-electron chi connectivity index (χ4n) is 4.54. The van der Waals surface area contributed by atoms with Crippen LogP contribution in [0.1, 0.15) is 53.7 Å². The van der Waals surface area contributed by atoms with Crippen molar-refractivity contribution in [3.8, 4) is 0 Å². The third-order valence-corrected chi connectivity index (χ3v) is 7.48. The first-order chi connectivity index (χ1) is 20.5. The smallest absolute Gasteiger partial charge is 0.310 e. The van der Waals surface area contributed by atoms with Crippen LogP contribution in [0.25, 0.3) is 10.8 Å². The minimum Gasteiger partial charge on any atom is -0.481 e. The van der Waals surface area contributed by atoms with E-state index in [0.717, 1.165) is 27.0 Å². The van der Waals surface area contributed by atoms with Gasteiger partial charge in [0.25, 0.3) is 0 Å². The second-order valence-corrected chi connectivity index (χ2v) is 11.1. The Balaban J connectivity index is 0.000000229. The summed E-state index contributed by atoms with van der Waals surface area (Å²) in [6, 6.07) is 24.9. The lowest BCUT2D eigenvalue weighted by Crippen LogP contribution is -2.26. The first-order valence-corrected chi connectivity index (χ1v) is 14.9. The monoisotopic (exact) mass is 607 g/mol. The van der Waals surface area contributed by atoms with Gasteiger partial charge in [-0.2, -0.15) is 0 Å². The molecule has 9 N–H and O–H groups in total. The second-order valence-electron chi connectivity index (χ2n) is 10.1. The molecule has 1 aromatic heterocycles. The van der Waals surface area contributed by atoms with E-state index in [1.807, 2.05) is 79.0 Å². The Labute approximate surface area is 256 Å². The molecule has 0 fully saturated rings. The molecular weight excluding hydrogens is 566 g/mol. The van der Waals surface area contributed by atoms with Crippen molar-refractivity contribution in [2.24, 2.45) is 17.2 Å². The second kappa shape index (κ2) is 18.4. The number of rotatable bonds is 12. The lowest BCUT2D eigenvalue weighted by molar-refractivity contribution is -0.139.